The molecule has 2 aromatic rings. The number of rotatable bonds is 9. The number of benzene rings is 2. The quantitative estimate of drug-likeness (QED) is 0.690. The van der Waals surface area contributed by atoms with Crippen molar-refractivity contribution < 1.29 is 14.3 Å². The second-order valence-corrected chi connectivity index (χ2v) is 7.11. The average Bonchev–Trinajstić information content (AvgIpc) is 2.69. The normalized spacial score (nSPS) is 11.6. The first-order chi connectivity index (χ1) is 13.4. The fourth-order valence-electron chi connectivity index (χ4n) is 2.75. The zero-order valence-corrected chi connectivity index (χ0v) is 17.3. The van der Waals surface area contributed by atoms with Crippen LogP contribution >= 0.6 is 11.6 Å². The summed E-state index contributed by atoms with van der Waals surface area (Å²) in [4.78, 5) is 26.9. The van der Waals surface area contributed by atoms with Gasteiger partial charge < -0.3 is 15.0 Å². The monoisotopic (exact) mass is 402 g/mol. The molecule has 0 saturated heterocycles. The Kier molecular flexibility index (Phi) is 8.33. The van der Waals surface area contributed by atoms with E-state index in [1.165, 1.54) is 4.90 Å². The van der Waals surface area contributed by atoms with Crippen molar-refractivity contribution >= 4 is 23.4 Å². The number of halogens is 1. The first-order valence-electron chi connectivity index (χ1n) is 9.42. The molecule has 28 heavy (non-hydrogen) atoms. The molecular formula is C22H27ClN2O3. The van der Waals surface area contributed by atoms with E-state index in [0.29, 0.717) is 17.3 Å². The summed E-state index contributed by atoms with van der Waals surface area (Å²) in [5.74, 6) is 0.206. The zero-order valence-electron chi connectivity index (χ0n) is 16.6. The van der Waals surface area contributed by atoms with Crippen LogP contribution in [0.4, 0.5) is 0 Å². The fraction of sp³-hybridized carbons (Fsp3) is 0.364. The Morgan fingerprint density at radius 2 is 1.93 bits per heavy atom. The Hall–Kier alpha value is -2.53. The standard InChI is InChI=1S/C22H27ClN2O3/c1-4-12-24-22(27)17(3)25(14-18-9-7-10-19(23)13-18)21(26)15-28-20-11-6-5-8-16(20)2/h5-11,13,17H,4,12,14-15H2,1-3H3,(H,24,27)/t17-/m1/s1. The van der Waals surface area contributed by atoms with E-state index < -0.39 is 6.04 Å². The topological polar surface area (TPSA) is 58.6 Å². The highest BCUT2D eigenvalue weighted by atomic mass is 35.5. The Labute approximate surface area is 171 Å². The van der Waals surface area contributed by atoms with E-state index in [4.69, 9.17) is 16.3 Å². The third-order valence-corrected chi connectivity index (χ3v) is 4.64. The van der Waals surface area contributed by atoms with Crippen LogP contribution in [-0.2, 0) is 16.1 Å². The molecule has 2 rings (SSSR count). The summed E-state index contributed by atoms with van der Waals surface area (Å²) in [6.07, 6.45) is 0.830. The molecule has 0 fully saturated rings. The minimum absolute atomic E-state index is 0.142. The molecule has 6 heteroatoms. The molecule has 0 saturated carbocycles. The molecular weight excluding hydrogens is 376 g/mol. The summed E-state index contributed by atoms with van der Waals surface area (Å²) in [6.45, 7) is 6.33. The van der Waals surface area contributed by atoms with Crippen LogP contribution in [0.25, 0.3) is 0 Å². The third kappa shape index (κ3) is 6.27. The van der Waals surface area contributed by atoms with E-state index in [9.17, 15) is 9.59 Å². The SMILES string of the molecule is CCCNC(=O)[C@@H](C)N(Cc1cccc(Cl)c1)C(=O)COc1ccccc1C. The van der Waals surface area contributed by atoms with Crippen molar-refractivity contribution in [1.29, 1.82) is 0 Å². The van der Waals surface area contributed by atoms with Gasteiger partial charge >= 0.3 is 0 Å². The summed E-state index contributed by atoms with van der Waals surface area (Å²) in [5, 5.41) is 3.43. The van der Waals surface area contributed by atoms with Gasteiger partial charge in [-0.2, -0.15) is 0 Å². The van der Waals surface area contributed by atoms with Gasteiger partial charge in [-0.25, -0.2) is 0 Å². The van der Waals surface area contributed by atoms with Crippen molar-refractivity contribution in [2.45, 2.75) is 39.8 Å². The van der Waals surface area contributed by atoms with Gasteiger partial charge in [0.05, 0.1) is 0 Å². The van der Waals surface area contributed by atoms with Gasteiger partial charge in [0.2, 0.25) is 5.91 Å². The maximum Gasteiger partial charge on any atom is 0.261 e. The number of carbonyl (C=O) groups excluding carboxylic acids is 2. The highest BCUT2D eigenvalue weighted by molar-refractivity contribution is 6.30. The predicted molar refractivity (Wildman–Crippen MR) is 111 cm³/mol. The van der Waals surface area contributed by atoms with Gasteiger partial charge in [0.15, 0.2) is 6.61 Å². The summed E-state index contributed by atoms with van der Waals surface area (Å²) in [7, 11) is 0. The number of carbonyl (C=O) groups is 2. The molecule has 0 aliphatic rings. The second kappa shape index (κ2) is 10.7. The number of ether oxygens (including phenoxy) is 1. The molecule has 0 spiro atoms. The Balaban J connectivity index is 2.14. The number of para-hydroxylation sites is 1. The van der Waals surface area contributed by atoms with E-state index in [-0.39, 0.29) is 25.0 Å². The number of nitrogens with zero attached hydrogens (tertiary/aromatic N) is 1. The van der Waals surface area contributed by atoms with E-state index in [2.05, 4.69) is 5.32 Å². The lowest BCUT2D eigenvalue weighted by Gasteiger charge is -2.29. The van der Waals surface area contributed by atoms with Crippen molar-refractivity contribution in [3.8, 4) is 5.75 Å². The number of hydrogen-bond donors (Lipinski definition) is 1. The summed E-state index contributed by atoms with van der Waals surface area (Å²) in [6, 6.07) is 14.2. The smallest absolute Gasteiger partial charge is 0.261 e. The van der Waals surface area contributed by atoms with Crippen LogP contribution in [0.1, 0.15) is 31.4 Å². The molecule has 1 atom stereocenters. The number of nitrogens with one attached hydrogen (secondary N) is 1. The molecule has 2 aromatic carbocycles. The average molecular weight is 403 g/mol. The Morgan fingerprint density at radius 3 is 2.61 bits per heavy atom. The molecule has 0 aliphatic heterocycles. The highest BCUT2D eigenvalue weighted by Gasteiger charge is 2.26. The molecule has 0 aromatic heterocycles. The maximum absolute atomic E-state index is 12.9. The van der Waals surface area contributed by atoms with Crippen LogP contribution in [0.3, 0.4) is 0 Å². The molecule has 150 valence electrons. The number of amides is 2. The van der Waals surface area contributed by atoms with Crippen molar-refractivity contribution in [2.24, 2.45) is 0 Å². The van der Waals surface area contributed by atoms with Gasteiger partial charge in [0.1, 0.15) is 11.8 Å². The lowest BCUT2D eigenvalue weighted by Crippen LogP contribution is -2.49. The van der Waals surface area contributed by atoms with Gasteiger partial charge in [0.25, 0.3) is 5.91 Å². The minimum Gasteiger partial charge on any atom is -0.484 e. The van der Waals surface area contributed by atoms with Crippen molar-refractivity contribution in [3.63, 3.8) is 0 Å². The number of aryl methyl sites for hydroxylation is 1. The van der Waals surface area contributed by atoms with E-state index in [1.54, 1.807) is 19.1 Å². The highest BCUT2D eigenvalue weighted by Crippen LogP contribution is 2.18. The van der Waals surface area contributed by atoms with Crippen molar-refractivity contribution in [3.05, 3.63) is 64.7 Å². The van der Waals surface area contributed by atoms with E-state index in [0.717, 1.165) is 17.5 Å². The van der Waals surface area contributed by atoms with Crippen LogP contribution in [0, 0.1) is 6.92 Å². The molecule has 0 bridgehead atoms. The Bertz CT molecular complexity index is 810. The molecule has 0 radical (unpaired) electrons. The van der Waals surface area contributed by atoms with Crippen LogP contribution in [0.5, 0.6) is 5.75 Å². The predicted octanol–water partition coefficient (Wildman–Crippen LogP) is 3.97. The van der Waals surface area contributed by atoms with Gasteiger partial charge in [-0.05, 0) is 49.6 Å². The van der Waals surface area contributed by atoms with Gasteiger partial charge in [-0.3, -0.25) is 9.59 Å². The van der Waals surface area contributed by atoms with Crippen LogP contribution in [-0.4, -0.2) is 35.9 Å². The molecule has 0 heterocycles. The fourth-order valence-corrected chi connectivity index (χ4v) is 2.96. The van der Waals surface area contributed by atoms with Crippen LogP contribution in [0.15, 0.2) is 48.5 Å². The van der Waals surface area contributed by atoms with Gasteiger partial charge in [0, 0.05) is 18.1 Å². The maximum atomic E-state index is 12.9. The van der Waals surface area contributed by atoms with E-state index in [1.807, 2.05) is 50.2 Å². The zero-order chi connectivity index (χ0) is 20.5. The summed E-state index contributed by atoms with van der Waals surface area (Å²) in [5.41, 5.74) is 1.80. The van der Waals surface area contributed by atoms with Gasteiger partial charge in [-0.1, -0.05) is 48.9 Å². The summed E-state index contributed by atoms with van der Waals surface area (Å²) >= 11 is 6.07. The van der Waals surface area contributed by atoms with E-state index >= 15 is 0 Å². The Morgan fingerprint density at radius 1 is 1.18 bits per heavy atom. The molecule has 0 unspecified atom stereocenters. The van der Waals surface area contributed by atoms with Crippen molar-refractivity contribution in [1.82, 2.24) is 10.2 Å². The largest absolute Gasteiger partial charge is 0.484 e. The minimum atomic E-state index is -0.626. The molecule has 2 amide bonds. The third-order valence-electron chi connectivity index (χ3n) is 4.40. The first-order valence-corrected chi connectivity index (χ1v) is 9.80. The first kappa shape index (κ1) is 21.8. The lowest BCUT2D eigenvalue weighted by molar-refractivity contribution is -0.142. The van der Waals surface area contributed by atoms with Crippen LogP contribution < -0.4 is 10.1 Å². The van der Waals surface area contributed by atoms with Gasteiger partial charge in [-0.15, -0.1) is 0 Å². The van der Waals surface area contributed by atoms with Crippen LogP contribution in [0.2, 0.25) is 5.02 Å². The lowest BCUT2D eigenvalue weighted by atomic mass is 10.1. The molecule has 1 N–H and O–H groups in total. The van der Waals surface area contributed by atoms with Crippen molar-refractivity contribution in [2.75, 3.05) is 13.2 Å². The number of hydrogen-bond acceptors (Lipinski definition) is 3. The second-order valence-electron chi connectivity index (χ2n) is 6.67. The molecule has 5 nitrogen and oxygen atoms in total. The molecule has 0 aliphatic carbocycles. The summed E-state index contributed by atoms with van der Waals surface area (Å²) < 4.78 is 5.70.